The monoisotopic (exact) mass is 434 g/mol. The van der Waals surface area contributed by atoms with Crippen LogP contribution in [0.5, 0.6) is 5.75 Å². The number of nitrogens with zero attached hydrogens (tertiary/aromatic N) is 2. The maximum Gasteiger partial charge on any atom is 0.264 e. The smallest absolute Gasteiger partial charge is 0.264 e. The lowest BCUT2D eigenvalue weighted by Crippen LogP contribution is -2.39. The molecule has 29 heavy (non-hydrogen) atoms. The highest BCUT2D eigenvalue weighted by molar-refractivity contribution is 7.88. The Kier molecular flexibility index (Phi) is 5.44. The Morgan fingerprint density at radius 3 is 2.66 bits per heavy atom. The molecule has 0 radical (unpaired) electrons. The third-order valence-electron chi connectivity index (χ3n) is 5.41. The van der Waals surface area contributed by atoms with Gasteiger partial charge >= 0.3 is 0 Å². The van der Waals surface area contributed by atoms with Crippen molar-refractivity contribution in [1.82, 2.24) is 9.21 Å². The van der Waals surface area contributed by atoms with Crippen LogP contribution in [-0.4, -0.2) is 48.5 Å². The van der Waals surface area contributed by atoms with E-state index in [1.165, 1.54) is 17.6 Å². The third kappa shape index (κ3) is 4.49. The van der Waals surface area contributed by atoms with E-state index in [0.717, 1.165) is 39.5 Å². The van der Waals surface area contributed by atoms with Crippen LogP contribution in [0.15, 0.2) is 30.3 Å². The van der Waals surface area contributed by atoms with E-state index in [4.69, 9.17) is 4.74 Å². The minimum absolute atomic E-state index is 0.00759. The molecule has 1 saturated carbocycles. The fourth-order valence-corrected chi connectivity index (χ4v) is 5.62. The highest BCUT2D eigenvalue weighted by Gasteiger charge is 2.35. The lowest BCUT2D eigenvalue weighted by molar-refractivity contribution is 0.0650. The molecule has 1 aromatic carbocycles. The van der Waals surface area contributed by atoms with Gasteiger partial charge in [0.05, 0.1) is 23.7 Å². The Morgan fingerprint density at radius 1 is 1.28 bits per heavy atom. The molecule has 2 aromatic rings. The van der Waals surface area contributed by atoms with Gasteiger partial charge in [-0.1, -0.05) is 6.07 Å². The zero-order chi connectivity index (χ0) is 20.8. The predicted octanol–water partition coefficient (Wildman–Crippen LogP) is 3.40. The van der Waals surface area contributed by atoms with Gasteiger partial charge in [-0.05, 0) is 56.5 Å². The Balaban J connectivity index is 1.59. The number of benzene rings is 1. The standard InChI is InChI=1S/C21H26N2O4S2/c1-14-13-27-19-8-5-16(11-23(18-6-7-18)29(3,25)26)10-17(19)12-22(14)21(24)20-9-4-15(2)28-20/h4-5,8-10,14,18H,6-7,11-13H2,1-3H3/t14-/m0/s1. The van der Waals surface area contributed by atoms with Crippen LogP contribution in [-0.2, 0) is 23.1 Å². The molecule has 1 aliphatic heterocycles. The Hall–Kier alpha value is -1.90. The molecule has 0 saturated heterocycles. The van der Waals surface area contributed by atoms with Crippen molar-refractivity contribution in [2.24, 2.45) is 0 Å². The molecule has 1 aliphatic carbocycles. The lowest BCUT2D eigenvalue weighted by atomic mass is 10.1. The fourth-order valence-electron chi connectivity index (χ4n) is 3.66. The van der Waals surface area contributed by atoms with Crippen LogP contribution in [0.2, 0.25) is 0 Å². The Morgan fingerprint density at radius 2 is 2.03 bits per heavy atom. The molecule has 0 N–H and O–H groups in total. The predicted molar refractivity (Wildman–Crippen MR) is 114 cm³/mol. The molecule has 8 heteroatoms. The lowest BCUT2D eigenvalue weighted by Gasteiger charge is -2.26. The number of rotatable bonds is 5. The normalized spacial score (nSPS) is 19.6. The second kappa shape index (κ2) is 7.74. The van der Waals surface area contributed by atoms with Gasteiger partial charge in [-0.15, -0.1) is 11.3 Å². The molecular weight excluding hydrogens is 408 g/mol. The Labute approximate surface area is 176 Å². The van der Waals surface area contributed by atoms with Gasteiger partial charge in [0.15, 0.2) is 0 Å². The van der Waals surface area contributed by atoms with Crippen molar-refractivity contribution in [3.05, 3.63) is 51.2 Å². The maximum atomic E-state index is 13.1. The van der Waals surface area contributed by atoms with Crippen molar-refractivity contribution in [2.45, 2.75) is 51.9 Å². The molecule has 1 fully saturated rings. The largest absolute Gasteiger partial charge is 0.491 e. The van der Waals surface area contributed by atoms with Crippen LogP contribution in [0.4, 0.5) is 0 Å². The molecule has 156 valence electrons. The number of sulfonamides is 1. The van der Waals surface area contributed by atoms with Crippen LogP contribution >= 0.6 is 11.3 Å². The summed E-state index contributed by atoms with van der Waals surface area (Å²) in [5.74, 6) is 0.767. The number of hydrogen-bond acceptors (Lipinski definition) is 5. The molecule has 0 bridgehead atoms. The summed E-state index contributed by atoms with van der Waals surface area (Å²) < 4.78 is 31.8. The molecule has 0 unspecified atom stereocenters. The first-order valence-electron chi connectivity index (χ1n) is 9.81. The summed E-state index contributed by atoms with van der Waals surface area (Å²) in [6.07, 6.45) is 3.10. The maximum absolute atomic E-state index is 13.1. The second-order valence-corrected chi connectivity index (χ2v) is 11.2. The summed E-state index contributed by atoms with van der Waals surface area (Å²) in [5, 5.41) is 0. The van der Waals surface area contributed by atoms with Crippen LogP contribution < -0.4 is 4.74 Å². The van der Waals surface area contributed by atoms with Crippen LogP contribution in [0.3, 0.4) is 0 Å². The molecule has 6 nitrogen and oxygen atoms in total. The van der Waals surface area contributed by atoms with E-state index < -0.39 is 10.0 Å². The quantitative estimate of drug-likeness (QED) is 0.723. The molecule has 1 atom stereocenters. The van der Waals surface area contributed by atoms with E-state index in [-0.39, 0.29) is 18.0 Å². The molecular formula is C21H26N2O4S2. The fraction of sp³-hybridized carbons (Fsp3) is 0.476. The van der Waals surface area contributed by atoms with E-state index in [2.05, 4.69) is 0 Å². The topological polar surface area (TPSA) is 66.9 Å². The van der Waals surface area contributed by atoms with Crippen molar-refractivity contribution in [3.8, 4) is 5.75 Å². The highest BCUT2D eigenvalue weighted by atomic mass is 32.2. The number of fused-ring (bicyclic) bond motifs is 1. The van der Waals surface area contributed by atoms with Gasteiger partial charge in [-0.3, -0.25) is 4.79 Å². The average Bonchev–Trinajstić information content (AvgIpc) is 3.43. The molecule has 1 aromatic heterocycles. The second-order valence-electron chi connectivity index (χ2n) is 7.98. The summed E-state index contributed by atoms with van der Waals surface area (Å²) in [6, 6.07) is 9.68. The minimum Gasteiger partial charge on any atom is -0.491 e. The van der Waals surface area contributed by atoms with Crippen molar-refractivity contribution in [2.75, 3.05) is 12.9 Å². The van der Waals surface area contributed by atoms with E-state index in [1.807, 2.05) is 49.1 Å². The van der Waals surface area contributed by atoms with Gasteiger partial charge in [-0.25, -0.2) is 8.42 Å². The van der Waals surface area contributed by atoms with E-state index in [9.17, 15) is 13.2 Å². The summed E-state index contributed by atoms with van der Waals surface area (Å²) in [7, 11) is -3.26. The van der Waals surface area contributed by atoms with Gasteiger partial charge in [0, 0.05) is 23.0 Å². The van der Waals surface area contributed by atoms with Crippen molar-refractivity contribution in [3.63, 3.8) is 0 Å². The Bertz CT molecular complexity index is 1030. The molecule has 1 amide bonds. The molecule has 2 aliphatic rings. The third-order valence-corrected chi connectivity index (χ3v) is 7.68. The number of carbonyl (C=O) groups is 1. The number of amides is 1. The number of hydrogen-bond donors (Lipinski definition) is 0. The van der Waals surface area contributed by atoms with Gasteiger partial charge in [0.1, 0.15) is 12.4 Å². The van der Waals surface area contributed by atoms with E-state index in [0.29, 0.717) is 19.7 Å². The summed E-state index contributed by atoms with van der Waals surface area (Å²) in [6.45, 7) is 5.21. The van der Waals surface area contributed by atoms with Gasteiger partial charge in [0.25, 0.3) is 5.91 Å². The first kappa shape index (κ1) is 20.4. The minimum atomic E-state index is -3.26. The van der Waals surface area contributed by atoms with Crippen LogP contribution in [0.1, 0.15) is 45.4 Å². The van der Waals surface area contributed by atoms with Crippen LogP contribution in [0.25, 0.3) is 0 Å². The summed E-state index contributed by atoms with van der Waals surface area (Å²) in [5.41, 5.74) is 1.83. The summed E-state index contributed by atoms with van der Waals surface area (Å²) >= 11 is 1.50. The number of thiophene rings is 1. The number of carbonyl (C=O) groups excluding carboxylic acids is 1. The van der Waals surface area contributed by atoms with Crippen LogP contribution in [0, 0.1) is 6.92 Å². The number of aryl methyl sites for hydroxylation is 1. The van der Waals surface area contributed by atoms with Crippen molar-refractivity contribution < 1.29 is 17.9 Å². The molecule has 2 heterocycles. The number of ether oxygens (including phenoxy) is 1. The zero-order valence-corrected chi connectivity index (χ0v) is 18.6. The molecule has 4 rings (SSSR count). The average molecular weight is 435 g/mol. The summed E-state index contributed by atoms with van der Waals surface area (Å²) in [4.78, 5) is 16.7. The first-order chi connectivity index (χ1) is 13.7. The molecule has 0 spiro atoms. The van der Waals surface area contributed by atoms with Crippen molar-refractivity contribution in [1.29, 1.82) is 0 Å². The van der Waals surface area contributed by atoms with Crippen molar-refractivity contribution >= 4 is 27.3 Å². The zero-order valence-electron chi connectivity index (χ0n) is 16.9. The first-order valence-corrected chi connectivity index (χ1v) is 12.5. The highest BCUT2D eigenvalue weighted by Crippen LogP contribution is 2.32. The van der Waals surface area contributed by atoms with Gasteiger partial charge in [0.2, 0.25) is 10.0 Å². The SMILES string of the molecule is Cc1ccc(C(=O)N2Cc3cc(CN(C4CC4)S(C)(=O)=O)ccc3OC[C@@H]2C)s1. The van der Waals surface area contributed by atoms with E-state index in [1.54, 1.807) is 4.31 Å². The van der Waals surface area contributed by atoms with Gasteiger partial charge < -0.3 is 9.64 Å². The van der Waals surface area contributed by atoms with Gasteiger partial charge in [-0.2, -0.15) is 4.31 Å². The van der Waals surface area contributed by atoms with E-state index >= 15 is 0 Å².